The minimum Gasteiger partial charge on any atom is -0.447 e. The Labute approximate surface area is 177 Å². The Kier molecular flexibility index (Phi) is 5.56. The number of aliphatic hydroxyl groups is 1. The van der Waals surface area contributed by atoms with Crippen molar-refractivity contribution in [3.8, 4) is 11.3 Å². The largest absolute Gasteiger partial charge is 0.447 e. The van der Waals surface area contributed by atoms with E-state index in [9.17, 15) is 9.90 Å². The van der Waals surface area contributed by atoms with Gasteiger partial charge in [0.15, 0.2) is 5.76 Å². The average molecular weight is 430 g/mol. The molecule has 0 radical (unpaired) electrons. The number of halogens is 1. The fourth-order valence-electron chi connectivity index (χ4n) is 3.15. The van der Waals surface area contributed by atoms with E-state index in [0.717, 1.165) is 5.56 Å². The summed E-state index contributed by atoms with van der Waals surface area (Å²) in [5, 5.41) is 17.3. The summed E-state index contributed by atoms with van der Waals surface area (Å²) in [6.07, 6.45) is -1.40. The van der Waals surface area contributed by atoms with Gasteiger partial charge in [-0.25, -0.2) is 9.78 Å². The lowest BCUT2D eigenvalue weighted by Crippen LogP contribution is -2.41. The van der Waals surface area contributed by atoms with Gasteiger partial charge < -0.3 is 19.7 Å². The zero-order valence-electron chi connectivity index (χ0n) is 16.3. The van der Waals surface area contributed by atoms with Gasteiger partial charge in [-0.05, 0) is 13.8 Å². The van der Waals surface area contributed by atoms with Crippen molar-refractivity contribution in [2.75, 3.05) is 16.8 Å². The van der Waals surface area contributed by atoms with Gasteiger partial charge in [0.05, 0.1) is 12.1 Å². The fraction of sp³-hybridized carbons (Fsp3) is 0.300. The van der Waals surface area contributed by atoms with E-state index in [-0.39, 0.29) is 29.6 Å². The summed E-state index contributed by atoms with van der Waals surface area (Å²) >= 11 is 6.15. The minimum atomic E-state index is -0.799. The molecule has 9 nitrogen and oxygen atoms in total. The molecule has 2 aromatic heterocycles. The Bertz CT molecular complexity index is 1040. The number of nitrogens with zero attached hydrogens (tertiary/aromatic N) is 4. The van der Waals surface area contributed by atoms with Gasteiger partial charge in [-0.1, -0.05) is 47.1 Å². The number of amides is 1. The van der Waals surface area contributed by atoms with Crippen LogP contribution in [0.25, 0.3) is 11.3 Å². The summed E-state index contributed by atoms with van der Waals surface area (Å²) in [7, 11) is 0. The first-order valence-electron chi connectivity index (χ1n) is 9.39. The smallest absolute Gasteiger partial charge is 0.416 e. The van der Waals surface area contributed by atoms with Crippen molar-refractivity contribution in [1.82, 2.24) is 15.1 Å². The van der Waals surface area contributed by atoms with Crippen LogP contribution in [-0.4, -0.2) is 45.1 Å². The third kappa shape index (κ3) is 4.07. The van der Waals surface area contributed by atoms with Gasteiger partial charge in [0.25, 0.3) is 0 Å². The van der Waals surface area contributed by atoms with E-state index in [2.05, 4.69) is 20.4 Å². The maximum absolute atomic E-state index is 12.1. The first-order valence-corrected chi connectivity index (χ1v) is 9.77. The molecule has 1 amide bonds. The van der Waals surface area contributed by atoms with Crippen LogP contribution in [0.2, 0.25) is 5.15 Å². The summed E-state index contributed by atoms with van der Waals surface area (Å²) in [4.78, 5) is 22.0. The summed E-state index contributed by atoms with van der Waals surface area (Å²) in [6, 6.07) is 12.1. The minimum absolute atomic E-state index is 0.0679. The topological polar surface area (TPSA) is 114 Å². The molecule has 4 rings (SSSR count). The van der Waals surface area contributed by atoms with Crippen LogP contribution in [0.4, 0.5) is 16.6 Å². The van der Waals surface area contributed by atoms with Crippen molar-refractivity contribution in [2.24, 2.45) is 0 Å². The van der Waals surface area contributed by atoms with E-state index in [4.69, 9.17) is 20.9 Å². The molecule has 1 saturated heterocycles. The first-order chi connectivity index (χ1) is 14.4. The zero-order chi connectivity index (χ0) is 21.3. The van der Waals surface area contributed by atoms with Crippen molar-refractivity contribution in [2.45, 2.75) is 32.0 Å². The molecule has 3 atom stereocenters. The van der Waals surface area contributed by atoms with Gasteiger partial charge in [0, 0.05) is 17.7 Å². The number of aliphatic hydroxyl groups excluding tert-OH is 1. The SMILES string of the molecule is C[C@H](Nc1nc(Cl)cc(N2C(=O)OCC2[C@@H](C)O)n1)c1cc(-c2ccccc2)on1. The Morgan fingerprint density at radius 2 is 2.00 bits per heavy atom. The number of carbonyl (C=O) groups excluding carboxylic acids is 1. The molecule has 3 heterocycles. The van der Waals surface area contributed by atoms with E-state index < -0.39 is 18.2 Å². The first kappa shape index (κ1) is 20.1. The third-order valence-electron chi connectivity index (χ3n) is 4.77. The van der Waals surface area contributed by atoms with Crippen molar-refractivity contribution >= 4 is 29.5 Å². The summed E-state index contributed by atoms with van der Waals surface area (Å²) in [5.74, 6) is 1.09. The molecule has 0 bridgehead atoms. The van der Waals surface area contributed by atoms with Gasteiger partial charge >= 0.3 is 6.09 Å². The van der Waals surface area contributed by atoms with Crippen molar-refractivity contribution in [3.63, 3.8) is 0 Å². The second kappa shape index (κ2) is 8.29. The molecule has 1 unspecified atom stereocenters. The molecule has 0 aliphatic carbocycles. The molecule has 156 valence electrons. The maximum Gasteiger partial charge on any atom is 0.416 e. The molecule has 1 aliphatic heterocycles. The molecule has 0 saturated carbocycles. The predicted molar refractivity (Wildman–Crippen MR) is 110 cm³/mol. The normalized spacial score (nSPS) is 18.2. The number of hydrogen-bond acceptors (Lipinski definition) is 8. The second-order valence-electron chi connectivity index (χ2n) is 6.98. The summed E-state index contributed by atoms with van der Waals surface area (Å²) < 4.78 is 10.5. The number of ether oxygens (including phenoxy) is 1. The van der Waals surface area contributed by atoms with Crippen LogP contribution in [0, 0.1) is 0 Å². The molecular weight excluding hydrogens is 410 g/mol. The number of hydrogen-bond donors (Lipinski definition) is 2. The highest BCUT2D eigenvalue weighted by atomic mass is 35.5. The molecule has 10 heteroatoms. The Balaban J connectivity index is 1.55. The monoisotopic (exact) mass is 429 g/mol. The number of carbonyl (C=O) groups is 1. The number of anilines is 2. The number of aromatic nitrogens is 3. The molecule has 1 fully saturated rings. The Morgan fingerprint density at radius 3 is 2.73 bits per heavy atom. The number of cyclic esters (lactones) is 1. The summed E-state index contributed by atoms with van der Waals surface area (Å²) in [5.41, 5.74) is 1.57. The lowest BCUT2D eigenvalue weighted by atomic mass is 10.1. The third-order valence-corrected chi connectivity index (χ3v) is 4.96. The quantitative estimate of drug-likeness (QED) is 0.570. The number of rotatable bonds is 6. The standard InChI is InChI=1S/C20H20ClN5O4/c1-11(14-8-16(30-25-14)13-6-4-3-5-7-13)22-19-23-17(21)9-18(24-19)26-15(12(2)27)10-29-20(26)28/h3-9,11-12,15,27H,10H2,1-2H3,(H,22,23,24)/t11-,12+,15?/m0/s1. The number of benzene rings is 1. The summed E-state index contributed by atoms with van der Waals surface area (Å²) in [6.45, 7) is 3.52. The van der Waals surface area contributed by atoms with Crippen LogP contribution in [0.15, 0.2) is 47.0 Å². The Hall–Kier alpha value is -3.17. The van der Waals surface area contributed by atoms with Gasteiger partial charge in [-0.15, -0.1) is 0 Å². The maximum atomic E-state index is 12.1. The highest BCUT2D eigenvalue weighted by molar-refractivity contribution is 6.29. The van der Waals surface area contributed by atoms with Crippen LogP contribution in [-0.2, 0) is 4.74 Å². The highest BCUT2D eigenvalue weighted by Gasteiger charge is 2.38. The van der Waals surface area contributed by atoms with Crippen molar-refractivity contribution in [3.05, 3.63) is 53.3 Å². The van der Waals surface area contributed by atoms with E-state index in [1.165, 1.54) is 11.0 Å². The molecule has 1 aromatic carbocycles. The molecule has 30 heavy (non-hydrogen) atoms. The molecule has 1 aliphatic rings. The van der Waals surface area contributed by atoms with Crippen LogP contribution in [0.1, 0.15) is 25.6 Å². The number of nitrogens with one attached hydrogen (secondary N) is 1. The van der Waals surface area contributed by atoms with Gasteiger partial charge in [0.2, 0.25) is 5.95 Å². The van der Waals surface area contributed by atoms with E-state index in [1.807, 2.05) is 43.3 Å². The highest BCUT2D eigenvalue weighted by Crippen LogP contribution is 2.28. The fourth-order valence-corrected chi connectivity index (χ4v) is 3.32. The molecular formula is C20H20ClN5O4. The van der Waals surface area contributed by atoms with Crippen LogP contribution in [0.5, 0.6) is 0 Å². The van der Waals surface area contributed by atoms with Crippen molar-refractivity contribution in [1.29, 1.82) is 0 Å². The van der Waals surface area contributed by atoms with Crippen LogP contribution >= 0.6 is 11.6 Å². The lowest BCUT2D eigenvalue weighted by molar-refractivity contribution is 0.142. The van der Waals surface area contributed by atoms with Gasteiger partial charge in [-0.3, -0.25) is 4.90 Å². The van der Waals surface area contributed by atoms with E-state index >= 15 is 0 Å². The average Bonchev–Trinajstić information content (AvgIpc) is 3.35. The lowest BCUT2D eigenvalue weighted by Gasteiger charge is -2.23. The van der Waals surface area contributed by atoms with Crippen molar-refractivity contribution < 1.29 is 19.2 Å². The van der Waals surface area contributed by atoms with E-state index in [1.54, 1.807) is 6.92 Å². The zero-order valence-corrected chi connectivity index (χ0v) is 17.1. The van der Waals surface area contributed by atoms with E-state index in [0.29, 0.717) is 11.5 Å². The molecule has 3 aromatic rings. The molecule has 2 N–H and O–H groups in total. The predicted octanol–water partition coefficient (Wildman–Crippen LogP) is 3.66. The van der Waals surface area contributed by atoms with Gasteiger partial charge in [-0.2, -0.15) is 4.98 Å². The molecule has 0 spiro atoms. The second-order valence-corrected chi connectivity index (χ2v) is 7.36. The van der Waals surface area contributed by atoms with Gasteiger partial charge in [0.1, 0.15) is 29.3 Å². The Morgan fingerprint density at radius 1 is 1.23 bits per heavy atom. The van der Waals surface area contributed by atoms with Crippen LogP contribution < -0.4 is 10.2 Å². The van der Waals surface area contributed by atoms with Crippen LogP contribution in [0.3, 0.4) is 0 Å².